The quantitative estimate of drug-likeness (QED) is 0.767. The van der Waals surface area contributed by atoms with Crippen molar-refractivity contribution in [3.8, 4) is 0 Å². The van der Waals surface area contributed by atoms with E-state index in [4.69, 9.17) is 4.98 Å². The van der Waals surface area contributed by atoms with Crippen LogP contribution < -0.4 is 15.5 Å². The molecule has 1 aromatic carbocycles. The predicted octanol–water partition coefficient (Wildman–Crippen LogP) is 3.00. The highest BCUT2D eigenvalue weighted by Gasteiger charge is 2.22. The maximum absolute atomic E-state index is 12.3. The van der Waals surface area contributed by atoms with E-state index in [0.717, 1.165) is 54.6 Å². The summed E-state index contributed by atoms with van der Waals surface area (Å²) in [5.41, 5.74) is 3.74. The van der Waals surface area contributed by atoms with Gasteiger partial charge in [-0.25, -0.2) is 14.8 Å². The van der Waals surface area contributed by atoms with Crippen molar-refractivity contribution < 1.29 is 9.59 Å². The van der Waals surface area contributed by atoms with E-state index >= 15 is 0 Å². The third kappa shape index (κ3) is 6.01. The smallest absolute Gasteiger partial charge is 0.325 e. The van der Waals surface area contributed by atoms with Gasteiger partial charge >= 0.3 is 6.03 Å². The Morgan fingerprint density at radius 1 is 1.06 bits per heavy atom. The van der Waals surface area contributed by atoms with Gasteiger partial charge in [-0.1, -0.05) is 26.0 Å². The fourth-order valence-electron chi connectivity index (χ4n) is 3.54. The molecule has 31 heavy (non-hydrogen) atoms. The lowest BCUT2D eigenvalue weighted by atomic mass is 10.1. The molecule has 1 fully saturated rings. The van der Waals surface area contributed by atoms with Crippen molar-refractivity contribution in [3.63, 3.8) is 0 Å². The van der Waals surface area contributed by atoms with E-state index in [0.29, 0.717) is 5.69 Å². The van der Waals surface area contributed by atoms with E-state index in [1.807, 2.05) is 45.0 Å². The second-order valence-corrected chi connectivity index (χ2v) is 8.39. The molecule has 0 radical (unpaired) electrons. The van der Waals surface area contributed by atoms with Gasteiger partial charge in [0, 0.05) is 49.5 Å². The first-order valence-corrected chi connectivity index (χ1v) is 10.7. The maximum Gasteiger partial charge on any atom is 0.325 e. The molecule has 0 saturated carbocycles. The monoisotopic (exact) mass is 424 g/mol. The molecule has 0 atom stereocenters. The second kappa shape index (κ2) is 9.87. The van der Waals surface area contributed by atoms with E-state index in [2.05, 4.69) is 39.3 Å². The van der Waals surface area contributed by atoms with Gasteiger partial charge in [-0.2, -0.15) is 0 Å². The maximum atomic E-state index is 12.3. The number of aromatic nitrogens is 2. The molecule has 0 unspecified atom stereocenters. The number of hydrogen-bond acceptors (Lipinski definition) is 6. The molecule has 1 aliphatic heterocycles. The molecule has 1 saturated heterocycles. The third-order valence-electron chi connectivity index (χ3n) is 5.54. The summed E-state index contributed by atoms with van der Waals surface area (Å²) in [6.07, 6.45) is 0. The van der Waals surface area contributed by atoms with Gasteiger partial charge in [0.05, 0.1) is 6.54 Å². The minimum Gasteiger partial charge on any atom is -0.354 e. The summed E-state index contributed by atoms with van der Waals surface area (Å²) >= 11 is 0. The van der Waals surface area contributed by atoms with E-state index in [1.165, 1.54) is 0 Å². The minimum absolute atomic E-state index is 0.189. The molecule has 2 heterocycles. The number of benzene rings is 1. The molecule has 166 valence electrons. The average molecular weight is 425 g/mol. The highest BCUT2D eigenvalue weighted by Crippen LogP contribution is 2.19. The fourth-order valence-corrected chi connectivity index (χ4v) is 3.54. The predicted molar refractivity (Wildman–Crippen MR) is 123 cm³/mol. The summed E-state index contributed by atoms with van der Waals surface area (Å²) in [6.45, 7) is 13.3. The normalized spacial score (nSPS) is 14.6. The Morgan fingerprint density at radius 2 is 1.77 bits per heavy atom. The molecule has 2 N–H and O–H groups in total. The molecule has 8 heteroatoms. The van der Waals surface area contributed by atoms with Crippen molar-refractivity contribution in [1.82, 2.24) is 20.2 Å². The van der Waals surface area contributed by atoms with Crippen molar-refractivity contribution in [3.05, 3.63) is 46.9 Å². The van der Waals surface area contributed by atoms with E-state index in [-0.39, 0.29) is 18.4 Å². The van der Waals surface area contributed by atoms with Gasteiger partial charge in [-0.3, -0.25) is 15.0 Å². The van der Waals surface area contributed by atoms with Crippen molar-refractivity contribution in [1.29, 1.82) is 0 Å². The summed E-state index contributed by atoms with van der Waals surface area (Å²) in [5.74, 6) is 1.76. The Hall–Kier alpha value is -3.00. The van der Waals surface area contributed by atoms with Gasteiger partial charge in [0.1, 0.15) is 11.6 Å². The lowest BCUT2D eigenvalue weighted by Crippen LogP contribution is -2.50. The molecule has 0 bridgehead atoms. The Bertz CT molecular complexity index is 951. The Kier molecular flexibility index (Phi) is 7.22. The first-order chi connectivity index (χ1) is 14.7. The first-order valence-electron chi connectivity index (χ1n) is 10.7. The fraction of sp³-hybridized carbons (Fsp3) is 0.478. The van der Waals surface area contributed by atoms with Gasteiger partial charge in [0.2, 0.25) is 5.91 Å². The highest BCUT2D eigenvalue weighted by molar-refractivity contribution is 6.02. The van der Waals surface area contributed by atoms with Crippen LogP contribution >= 0.6 is 0 Å². The molecule has 1 aliphatic rings. The van der Waals surface area contributed by atoms with Crippen LogP contribution in [-0.4, -0.2) is 59.5 Å². The summed E-state index contributed by atoms with van der Waals surface area (Å²) < 4.78 is 0. The van der Waals surface area contributed by atoms with Crippen LogP contribution in [0, 0.1) is 20.8 Å². The summed E-state index contributed by atoms with van der Waals surface area (Å²) in [4.78, 5) is 38.0. The van der Waals surface area contributed by atoms with Crippen LogP contribution in [0.25, 0.3) is 0 Å². The molecule has 0 spiro atoms. The number of anilines is 2. The number of nitrogens with one attached hydrogen (secondary N) is 2. The summed E-state index contributed by atoms with van der Waals surface area (Å²) in [6, 6.07) is 7.19. The van der Waals surface area contributed by atoms with Gasteiger partial charge in [-0.05, 0) is 38.0 Å². The zero-order valence-corrected chi connectivity index (χ0v) is 19.0. The zero-order chi connectivity index (χ0) is 22.5. The second-order valence-electron chi connectivity index (χ2n) is 8.39. The minimum atomic E-state index is -0.505. The van der Waals surface area contributed by atoms with Crippen molar-refractivity contribution in [2.45, 2.75) is 40.5 Å². The molecule has 3 amide bonds. The molecule has 8 nitrogen and oxygen atoms in total. The van der Waals surface area contributed by atoms with Crippen molar-refractivity contribution in [2.75, 3.05) is 42.9 Å². The Balaban J connectivity index is 1.49. The third-order valence-corrected chi connectivity index (χ3v) is 5.54. The van der Waals surface area contributed by atoms with Gasteiger partial charge in [-0.15, -0.1) is 0 Å². The molecular weight excluding hydrogens is 392 g/mol. The van der Waals surface area contributed by atoms with E-state index in [9.17, 15) is 9.59 Å². The van der Waals surface area contributed by atoms with Crippen LogP contribution in [0.5, 0.6) is 0 Å². The number of aryl methyl sites for hydroxylation is 2. The summed E-state index contributed by atoms with van der Waals surface area (Å²) in [5, 5.41) is 5.18. The molecule has 3 rings (SSSR count). The lowest BCUT2D eigenvalue weighted by Gasteiger charge is -2.35. The number of carbonyl (C=O) groups excluding carboxylic acids is 2. The number of rotatable bonds is 5. The van der Waals surface area contributed by atoms with Crippen molar-refractivity contribution >= 4 is 23.4 Å². The Morgan fingerprint density at radius 3 is 2.45 bits per heavy atom. The number of amides is 3. The molecule has 2 aromatic rings. The average Bonchev–Trinajstić information content (AvgIpc) is 2.71. The number of piperazine rings is 1. The van der Waals surface area contributed by atoms with E-state index < -0.39 is 6.03 Å². The first kappa shape index (κ1) is 22.7. The van der Waals surface area contributed by atoms with Gasteiger partial charge < -0.3 is 10.2 Å². The standard InChI is InChI=1S/C23H32N6O2/c1-15(2)22-24-17(4)13-20(26-22)29-11-9-28(10-12-29)14-21(30)27-23(31)25-19-8-6-7-16(3)18(19)5/h6-8,13,15H,9-12,14H2,1-5H3,(H2,25,27,30,31). The molecule has 0 aliphatic carbocycles. The Labute approximate surface area is 184 Å². The van der Waals surface area contributed by atoms with Gasteiger partial charge in [0.25, 0.3) is 0 Å². The molecule has 1 aromatic heterocycles. The molecular formula is C23H32N6O2. The van der Waals surface area contributed by atoms with Crippen LogP contribution in [0.15, 0.2) is 24.3 Å². The number of nitrogens with zero attached hydrogens (tertiary/aromatic N) is 4. The van der Waals surface area contributed by atoms with Crippen LogP contribution in [0.3, 0.4) is 0 Å². The van der Waals surface area contributed by atoms with Crippen LogP contribution in [0.2, 0.25) is 0 Å². The van der Waals surface area contributed by atoms with E-state index in [1.54, 1.807) is 0 Å². The topological polar surface area (TPSA) is 90.5 Å². The van der Waals surface area contributed by atoms with Crippen LogP contribution in [0.1, 0.15) is 42.4 Å². The lowest BCUT2D eigenvalue weighted by molar-refractivity contribution is -0.121. The SMILES string of the molecule is Cc1cc(N2CCN(CC(=O)NC(=O)Nc3cccc(C)c3C)CC2)nc(C(C)C)n1. The number of urea groups is 1. The number of carbonyl (C=O) groups is 2. The number of imide groups is 1. The van der Waals surface area contributed by atoms with Crippen LogP contribution in [0.4, 0.5) is 16.3 Å². The number of hydrogen-bond donors (Lipinski definition) is 2. The largest absolute Gasteiger partial charge is 0.354 e. The highest BCUT2D eigenvalue weighted by atomic mass is 16.2. The zero-order valence-electron chi connectivity index (χ0n) is 19.0. The van der Waals surface area contributed by atoms with Crippen LogP contribution in [-0.2, 0) is 4.79 Å². The summed E-state index contributed by atoms with van der Waals surface area (Å²) in [7, 11) is 0. The van der Waals surface area contributed by atoms with Gasteiger partial charge in [0.15, 0.2) is 0 Å². The van der Waals surface area contributed by atoms with Crippen molar-refractivity contribution in [2.24, 2.45) is 0 Å².